The zero-order valence-electron chi connectivity index (χ0n) is 12.8. The maximum absolute atomic E-state index is 12.7. The van der Waals surface area contributed by atoms with Gasteiger partial charge in [-0.2, -0.15) is 0 Å². The summed E-state index contributed by atoms with van der Waals surface area (Å²) in [5.74, 6) is 0.940. The zero-order valence-corrected chi connectivity index (χ0v) is 12.8. The van der Waals surface area contributed by atoms with E-state index in [2.05, 4.69) is 24.3 Å². The minimum absolute atomic E-state index is 0.0528. The van der Waals surface area contributed by atoms with E-state index in [4.69, 9.17) is 5.73 Å². The van der Waals surface area contributed by atoms with Crippen molar-refractivity contribution in [2.75, 3.05) is 19.6 Å². The quantitative estimate of drug-likeness (QED) is 0.904. The van der Waals surface area contributed by atoms with Crippen molar-refractivity contribution in [2.45, 2.75) is 44.4 Å². The Hall–Kier alpha value is -1.35. The highest BCUT2D eigenvalue weighted by Gasteiger charge is 2.29. The number of likely N-dealkylation sites (tertiary alicyclic amines) is 1. The fourth-order valence-electron chi connectivity index (χ4n) is 3.42. The molecule has 114 valence electrons. The first-order valence-corrected chi connectivity index (χ1v) is 8.36. The van der Waals surface area contributed by atoms with Crippen molar-refractivity contribution in [1.29, 1.82) is 0 Å². The molecule has 1 aromatic rings. The van der Waals surface area contributed by atoms with Crippen LogP contribution in [0.5, 0.6) is 0 Å². The molecular formula is C18H26N2O. The van der Waals surface area contributed by atoms with Crippen molar-refractivity contribution in [1.82, 2.24) is 4.90 Å². The van der Waals surface area contributed by atoms with Gasteiger partial charge in [0.2, 0.25) is 5.91 Å². The Kier molecular flexibility index (Phi) is 4.59. The lowest BCUT2D eigenvalue weighted by Gasteiger charge is -2.30. The molecule has 1 aliphatic carbocycles. The van der Waals surface area contributed by atoms with Crippen molar-refractivity contribution in [3.8, 4) is 0 Å². The summed E-state index contributed by atoms with van der Waals surface area (Å²) in [7, 11) is 0. The number of hydrogen-bond donors (Lipinski definition) is 1. The van der Waals surface area contributed by atoms with Gasteiger partial charge in [0.25, 0.3) is 0 Å². The first kappa shape index (κ1) is 14.6. The van der Waals surface area contributed by atoms with Crippen molar-refractivity contribution in [3.05, 3.63) is 35.4 Å². The summed E-state index contributed by atoms with van der Waals surface area (Å²) in [6.45, 7) is 2.29. The van der Waals surface area contributed by atoms with E-state index < -0.39 is 0 Å². The lowest BCUT2D eigenvalue weighted by Crippen LogP contribution is -2.42. The fourth-order valence-corrected chi connectivity index (χ4v) is 3.42. The molecule has 0 radical (unpaired) electrons. The molecule has 1 unspecified atom stereocenters. The van der Waals surface area contributed by atoms with Crippen LogP contribution in [0.4, 0.5) is 0 Å². The molecule has 1 amide bonds. The summed E-state index contributed by atoms with van der Waals surface area (Å²) in [4.78, 5) is 14.7. The van der Waals surface area contributed by atoms with E-state index in [9.17, 15) is 4.79 Å². The van der Waals surface area contributed by atoms with Crippen LogP contribution in [-0.4, -0.2) is 30.4 Å². The molecule has 3 rings (SSSR count). The molecule has 1 atom stereocenters. The number of hydrogen-bond acceptors (Lipinski definition) is 2. The number of carbonyl (C=O) groups is 1. The SMILES string of the molecule is NCC(Cc1ccccc1C1CC1)C(=O)N1CCCCC1. The van der Waals surface area contributed by atoms with Crippen LogP contribution in [-0.2, 0) is 11.2 Å². The van der Waals surface area contributed by atoms with Crippen LogP contribution in [0.2, 0.25) is 0 Å². The van der Waals surface area contributed by atoms with Gasteiger partial charge in [0.1, 0.15) is 0 Å². The summed E-state index contributed by atoms with van der Waals surface area (Å²) in [5.41, 5.74) is 8.70. The molecule has 21 heavy (non-hydrogen) atoms. The predicted molar refractivity (Wildman–Crippen MR) is 85.1 cm³/mol. The molecule has 1 aliphatic heterocycles. The standard InChI is InChI=1S/C18H26N2O/c19-13-16(18(21)20-10-4-1-5-11-20)12-15-6-2-3-7-17(15)14-8-9-14/h2-3,6-7,14,16H,1,4-5,8-13,19H2. The van der Waals surface area contributed by atoms with E-state index in [0.29, 0.717) is 6.54 Å². The van der Waals surface area contributed by atoms with Crippen LogP contribution in [0, 0.1) is 5.92 Å². The highest BCUT2D eigenvalue weighted by molar-refractivity contribution is 5.79. The monoisotopic (exact) mass is 286 g/mol. The second-order valence-electron chi connectivity index (χ2n) is 6.50. The Balaban J connectivity index is 1.70. The summed E-state index contributed by atoms with van der Waals surface area (Å²) < 4.78 is 0. The smallest absolute Gasteiger partial charge is 0.227 e. The van der Waals surface area contributed by atoms with Gasteiger partial charge in [-0.3, -0.25) is 4.79 Å². The number of benzene rings is 1. The average Bonchev–Trinajstić information content (AvgIpc) is 3.38. The Morgan fingerprint density at radius 3 is 2.57 bits per heavy atom. The van der Waals surface area contributed by atoms with Gasteiger partial charge in [-0.1, -0.05) is 24.3 Å². The lowest BCUT2D eigenvalue weighted by atomic mass is 9.92. The van der Waals surface area contributed by atoms with E-state index in [1.54, 1.807) is 0 Å². The molecule has 0 bridgehead atoms. The minimum Gasteiger partial charge on any atom is -0.342 e. The van der Waals surface area contributed by atoms with Gasteiger partial charge in [0.05, 0.1) is 5.92 Å². The molecule has 0 aromatic heterocycles. The molecule has 2 aliphatic rings. The van der Waals surface area contributed by atoms with Gasteiger partial charge in [-0.05, 0) is 55.6 Å². The third kappa shape index (κ3) is 3.46. The van der Waals surface area contributed by atoms with Crippen molar-refractivity contribution in [3.63, 3.8) is 0 Å². The van der Waals surface area contributed by atoms with Crippen molar-refractivity contribution >= 4 is 5.91 Å². The van der Waals surface area contributed by atoms with Crippen LogP contribution < -0.4 is 5.73 Å². The molecule has 2 fully saturated rings. The molecule has 2 N–H and O–H groups in total. The number of amides is 1. The third-order valence-electron chi connectivity index (χ3n) is 4.84. The van der Waals surface area contributed by atoms with Crippen LogP contribution in [0.3, 0.4) is 0 Å². The second-order valence-corrected chi connectivity index (χ2v) is 6.50. The maximum atomic E-state index is 12.7. The van der Waals surface area contributed by atoms with Gasteiger partial charge >= 0.3 is 0 Å². The van der Waals surface area contributed by atoms with E-state index >= 15 is 0 Å². The van der Waals surface area contributed by atoms with Crippen LogP contribution >= 0.6 is 0 Å². The third-order valence-corrected chi connectivity index (χ3v) is 4.84. The van der Waals surface area contributed by atoms with Crippen molar-refractivity contribution in [2.24, 2.45) is 11.7 Å². The van der Waals surface area contributed by atoms with Gasteiger partial charge < -0.3 is 10.6 Å². The van der Waals surface area contributed by atoms with Gasteiger partial charge in [0, 0.05) is 19.6 Å². The number of nitrogens with two attached hydrogens (primary N) is 1. The number of piperidine rings is 1. The second kappa shape index (κ2) is 6.61. The van der Waals surface area contributed by atoms with Crippen molar-refractivity contribution < 1.29 is 4.79 Å². The van der Waals surface area contributed by atoms with Crippen LogP contribution in [0.25, 0.3) is 0 Å². The lowest BCUT2D eigenvalue weighted by molar-refractivity contribution is -0.136. The molecule has 1 saturated heterocycles. The fraction of sp³-hybridized carbons (Fsp3) is 0.611. The average molecular weight is 286 g/mol. The summed E-state index contributed by atoms with van der Waals surface area (Å²) in [5, 5.41) is 0. The number of rotatable bonds is 5. The summed E-state index contributed by atoms with van der Waals surface area (Å²) in [6.07, 6.45) is 6.93. The normalized spacial score (nSPS) is 20.3. The Bertz CT molecular complexity index is 490. The zero-order chi connectivity index (χ0) is 14.7. The molecule has 1 heterocycles. The largest absolute Gasteiger partial charge is 0.342 e. The summed E-state index contributed by atoms with van der Waals surface area (Å²) >= 11 is 0. The first-order chi connectivity index (χ1) is 10.3. The van der Waals surface area contributed by atoms with Gasteiger partial charge in [0.15, 0.2) is 0 Å². The predicted octanol–water partition coefficient (Wildman–Crippen LogP) is 2.69. The summed E-state index contributed by atoms with van der Waals surface area (Å²) in [6, 6.07) is 8.60. The van der Waals surface area contributed by atoms with Gasteiger partial charge in [-0.15, -0.1) is 0 Å². The Morgan fingerprint density at radius 2 is 1.90 bits per heavy atom. The first-order valence-electron chi connectivity index (χ1n) is 8.36. The molecule has 0 spiro atoms. The highest BCUT2D eigenvalue weighted by Crippen LogP contribution is 2.42. The van der Waals surface area contributed by atoms with Crippen LogP contribution in [0.15, 0.2) is 24.3 Å². The van der Waals surface area contributed by atoms with Crippen LogP contribution in [0.1, 0.15) is 49.1 Å². The highest BCUT2D eigenvalue weighted by atomic mass is 16.2. The molecule has 1 aromatic carbocycles. The number of nitrogens with zero attached hydrogens (tertiary/aromatic N) is 1. The van der Waals surface area contributed by atoms with E-state index in [0.717, 1.165) is 38.3 Å². The number of carbonyl (C=O) groups excluding carboxylic acids is 1. The van der Waals surface area contributed by atoms with E-state index in [1.807, 2.05) is 4.90 Å². The Morgan fingerprint density at radius 1 is 1.19 bits per heavy atom. The molecule has 3 heteroatoms. The van der Waals surface area contributed by atoms with Gasteiger partial charge in [-0.25, -0.2) is 0 Å². The Labute approximate surface area is 127 Å². The van der Waals surface area contributed by atoms with E-state index in [1.165, 1.54) is 30.4 Å². The minimum atomic E-state index is -0.0528. The molecule has 1 saturated carbocycles. The maximum Gasteiger partial charge on any atom is 0.227 e. The molecular weight excluding hydrogens is 260 g/mol. The molecule has 3 nitrogen and oxygen atoms in total. The van der Waals surface area contributed by atoms with E-state index in [-0.39, 0.29) is 11.8 Å². The topological polar surface area (TPSA) is 46.3 Å².